The highest BCUT2D eigenvalue weighted by atomic mass is 15.2. The van der Waals surface area contributed by atoms with E-state index in [9.17, 15) is 0 Å². The summed E-state index contributed by atoms with van der Waals surface area (Å²) in [6.07, 6.45) is 0.935. The van der Waals surface area contributed by atoms with Gasteiger partial charge in [-0.05, 0) is 12.0 Å². The first-order valence-corrected chi connectivity index (χ1v) is 5.50. The van der Waals surface area contributed by atoms with Crippen molar-refractivity contribution in [2.24, 2.45) is 15.7 Å². The Hall–Kier alpha value is -2.04. The third kappa shape index (κ3) is 5.01. The Bertz CT molecular complexity index is 383. The van der Waals surface area contributed by atoms with Crippen LogP contribution in [0.4, 0.5) is 0 Å². The normalized spacial score (nSPS) is 12.4. The fourth-order valence-corrected chi connectivity index (χ4v) is 1.33. The van der Waals surface area contributed by atoms with E-state index >= 15 is 0 Å². The van der Waals surface area contributed by atoms with Crippen LogP contribution >= 0.6 is 0 Å². The maximum absolute atomic E-state index is 5.55. The molecule has 5 heteroatoms. The molecule has 0 aliphatic carbocycles. The van der Waals surface area contributed by atoms with Crippen LogP contribution < -0.4 is 16.4 Å². The van der Waals surface area contributed by atoms with Gasteiger partial charge < -0.3 is 11.1 Å². The van der Waals surface area contributed by atoms with Gasteiger partial charge in [0, 0.05) is 20.6 Å². The lowest BCUT2D eigenvalue weighted by molar-refractivity contribution is 0.845. The Morgan fingerprint density at radius 3 is 2.47 bits per heavy atom. The Morgan fingerprint density at radius 2 is 1.88 bits per heavy atom. The van der Waals surface area contributed by atoms with Gasteiger partial charge in [-0.25, -0.2) is 0 Å². The molecule has 0 radical (unpaired) electrons. The molecule has 4 N–H and O–H groups in total. The standard InChI is InChI=1S/C12H19N5/c1-14-11(13)17-12(15-2)16-9-8-10-6-4-3-5-7-10/h3-7H,8-9H2,1-2H3,(H4,13,14,15,16,17). The van der Waals surface area contributed by atoms with Crippen molar-refractivity contribution < 1.29 is 0 Å². The lowest BCUT2D eigenvalue weighted by Gasteiger charge is -2.10. The highest BCUT2D eigenvalue weighted by molar-refractivity contribution is 5.97. The van der Waals surface area contributed by atoms with Crippen molar-refractivity contribution in [3.05, 3.63) is 35.9 Å². The number of aliphatic imine (C=N–C) groups is 2. The number of rotatable bonds is 3. The van der Waals surface area contributed by atoms with Crippen LogP contribution in [0.25, 0.3) is 0 Å². The van der Waals surface area contributed by atoms with Crippen LogP contribution in [0.2, 0.25) is 0 Å². The van der Waals surface area contributed by atoms with Crippen molar-refractivity contribution in [1.29, 1.82) is 0 Å². The molecule has 0 aliphatic heterocycles. The van der Waals surface area contributed by atoms with E-state index in [1.807, 2.05) is 18.2 Å². The Kier molecular flexibility index (Phi) is 5.57. The van der Waals surface area contributed by atoms with E-state index in [1.165, 1.54) is 5.56 Å². The van der Waals surface area contributed by atoms with Crippen LogP contribution in [0.1, 0.15) is 5.56 Å². The lowest BCUT2D eigenvalue weighted by atomic mass is 10.1. The van der Waals surface area contributed by atoms with E-state index in [-0.39, 0.29) is 0 Å². The lowest BCUT2D eigenvalue weighted by Crippen LogP contribution is -2.45. The van der Waals surface area contributed by atoms with Crippen LogP contribution in [-0.2, 0) is 6.42 Å². The van der Waals surface area contributed by atoms with Gasteiger partial charge in [0.15, 0.2) is 11.9 Å². The third-order valence-electron chi connectivity index (χ3n) is 2.26. The maximum atomic E-state index is 5.55. The number of nitrogens with zero attached hydrogens (tertiary/aromatic N) is 2. The molecule has 0 aromatic heterocycles. The SMILES string of the molecule is CN=C(N)NC(=NC)NCCc1ccccc1. The number of nitrogens with one attached hydrogen (secondary N) is 2. The second kappa shape index (κ2) is 7.27. The van der Waals surface area contributed by atoms with Gasteiger partial charge in [0.2, 0.25) is 0 Å². The second-order valence-corrected chi connectivity index (χ2v) is 3.47. The molecule has 0 spiro atoms. The highest BCUT2D eigenvalue weighted by Gasteiger charge is 1.98. The van der Waals surface area contributed by atoms with Gasteiger partial charge in [0.25, 0.3) is 0 Å². The van der Waals surface area contributed by atoms with Gasteiger partial charge in [-0.15, -0.1) is 0 Å². The predicted molar refractivity (Wildman–Crippen MR) is 72.2 cm³/mol. The van der Waals surface area contributed by atoms with E-state index in [0.29, 0.717) is 11.9 Å². The Labute approximate surface area is 102 Å². The summed E-state index contributed by atoms with van der Waals surface area (Å²) in [5.41, 5.74) is 6.84. The molecule has 1 aromatic rings. The molecular weight excluding hydrogens is 214 g/mol. The van der Waals surface area contributed by atoms with Gasteiger partial charge in [-0.1, -0.05) is 30.3 Å². The quantitative estimate of drug-likeness (QED) is 0.520. The minimum absolute atomic E-state index is 0.345. The average molecular weight is 233 g/mol. The fourth-order valence-electron chi connectivity index (χ4n) is 1.33. The molecule has 0 bridgehead atoms. The number of guanidine groups is 2. The van der Waals surface area contributed by atoms with Gasteiger partial charge in [-0.2, -0.15) is 0 Å². The zero-order valence-corrected chi connectivity index (χ0v) is 10.3. The molecule has 0 atom stereocenters. The molecule has 17 heavy (non-hydrogen) atoms. The Morgan fingerprint density at radius 1 is 1.18 bits per heavy atom. The highest BCUT2D eigenvalue weighted by Crippen LogP contribution is 1.97. The minimum atomic E-state index is 0.345. The van der Waals surface area contributed by atoms with Crippen LogP contribution in [0.3, 0.4) is 0 Å². The van der Waals surface area contributed by atoms with Crippen LogP contribution in [0.15, 0.2) is 40.3 Å². The molecular formula is C12H19N5. The number of benzene rings is 1. The molecule has 1 aromatic carbocycles. The summed E-state index contributed by atoms with van der Waals surface area (Å²) in [5, 5.41) is 6.03. The molecule has 0 heterocycles. The van der Waals surface area contributed by atoms with Gasteiger partial charge in [0.1, 0.15) is 0 Å². The molecule has 0 aliphatic rings. The van der Waals surface area contributed by atoms with Gasteiger partial charge in [-0.3, -0.25) is 15.3 Å². The zero-order chi connectivity index (χ0) is 12.5. The molecule has 0 fully saturated rings. The molecule has 0 saturated carbocycles. The van der Waals surface area contributed by atoms with Crippen molar-refractivity contribution in [3.8, 4) is 0 Å². The number of hydrogen-bond donors (Lipinski definition) is 3. The van der Waals surface area contributed by atoms with Crippen LogP contribution in [-0.4, -0.2) is 32.6 Å². The van der Waals surface area contributed by atoms with Crippen molar-refractivity contribution in [2.75, 3.05) is 20.6 Å². The second-order valence-electron chi connectivity index (χ2n) is 3.47. The van der Waals surface area contributed by atoms with E-state index in [2.05, 4.69) is 32.8 Å². The predicted octanol–water partition coefficient (Wildman–Crippen LogP) is 0.339. The molecule has 92 valence electrons. The van der Waals surface area contributed by atoms with Crippen molar-refractivity contribution >= 4 is 11.9 Å². The van der Waals surface area contributed by atoms with Crippen molar-refractivity contribution in [2.45, 2.75) is 6.42 Å². The van der Waals surface area contributed by atoms with E-state index < -0.39 is 0 Å². The topological polar surface area (TPSA) is 74.8 Å². The molecule has 0 saturated heterocycles. The summed E-state index contributed by atoms with van der Waals surface area (Å²) >= 11 is 0. The van der Waals surface area contributed by atoms with E-state index in [4.69, 9.17) is 5.73 Å². The van der Waals surface area contributed by atoms with Gasteiger partial charge in [0.05, 0.1) is 0 Å². The summed E-state index contributed by atoms with van der Waals surface area (Å²) in [6.45, 7) is 0.792. The molecule has 0 unspecified atom stereocenters. The largest absolute Gasteiger partial charge is 0.370 e. The first-order chi connectivity index (χ1) is 8.26. The molecule has 5 nitrogen and oxygen atoms in total. The summed E-state index contributed by atoms with van der Waals surface area (Å²) in [7, 11) is 3.32. The first kappa shape index (κ1) is 13.0. The monoisotopic (exact) mass is 233 g/mol. The average Bonchev–Trinajstić information content (AvgIpc) is 2.38. The van der Waals surface area contributed by atoms with E-state index in [0.717, 1.165) is 13.0 Å². The smallest absolute Gasteiger partial charge is 0.197 e. The summed E-state index contributed by atoms with van der Waals surface area (Å²) < 4.78 is 0. The van der Waals surface area contributed by atoms with Gasteiger partial charge >= 0.3 is 0 Å². The van der Waals surface area contributed by atoms with Crippen LogP contribution in [0, 0.1) is 0 Å². The Balaban J connectivity index is 2.35. The minimum Gasteiger partial charge on any atom is -0.370 e. The number of nitrogens with two attached hydrogens (primary N) is 1. The fraction of sp³-hybridized carbons (Fsp3) is 0.333. The van der Waals surface area contributed by atoms with Crippen LogP contribution in [0.5, 0.6) is 0 Å². The molecule has 1 rings (SSSR count). The van der Waals surface area contributed by atoms with Crippen molar-refractivity contribution in [3.63, 3.8) is 0 Å². The van der Waals surface area contributed by atoms with Crippen molar-refractivity contribution in [1.82, 2.24) is 10.6 Å². The molecule has 0 amide bonds. The first-order valence-electron chi connectivity index (χ1n) is 5.50. The summed E-state index contributed by atoms with van der Waals surface area (Å²) in [6, 6.07) is 10.3. The maximum Gasteiger partial charge on any atom is 0.197 e. The van der Waals surface area contributed by atoms with E-state index in [1.54, 1.807) is 14.1 Å². The summed E-state index contributed by atoms with van der Waals surface area (Å²) in [5.74, 6) is 0.974. The number of hydrogen-bond acceptors (Lipinski definition) is 2. The zero-order valence-electron chi connectivity index (χ0n) is 10.3. The summed E-state index contributed by atoms with van der Waals surface area (Å²) in [4.78, 5) is 7.85. The third-order valence-corrected chi connectivity index (χ3v) is 2.26.